The highest BCUT2D eigenvalue weighted by Gasteiger charge is 2.31. The molecular weight excluding hydrogens is 362 g/mol. The number of benzene rings is 1. The van der Waals surface area contributed by atoms with Crippen LogP contribution >= 0.6 is 0 Å². The predicted octanol–water partition coefficient (Wildman–Crippen LogP) is 4.15. The Morgan fingerprint density at radius 1 is 1.17 bits per heavy atom. The van der Waals surface area contributed by atoms with Crippen molar-refractivity contribution in [2.75, 3.05) is 0 Å². The van der Waals surface area contributed by atoms with Crippen LogP contribution in [0, 0.1) is 5.92 Å². The molecule has 1 saturated carbocycles. The number of pyridine rings is 1. The van der Waals surface area contributed by atoms with Crippen LogP contribution in [0.15, 0.2) is 54.7 Å². The molecule has 5 heteroatoms. The minimum absolute atomic E-state index is 0.00441. The summed E-state index contributed by atoms with van der Waals surface area (Å²) in [6.07, 6.45) is 5.54. The molecule has 0 unspecified atom stereocenters. The molecule has 0 bridgehead atoms. The first-order valence-corrected chi connectivity index (χ1v) is 10.4. The zero-order chi connectivity index (χ0) is 20.2. The number of H-pyrrole nitrogens is 1. The lowest BCUT2D eigenvalue weighted by molar-refractivity contribution is -0.129. The van der Waals surface area contributed by atoms with Gasteiger partial charge in [0.25, 0.3) is 0 Å². The van der Waals surface area contributed by atoms with Crippen molar-refractivity contribution < 1.29 is 9.59 Å². The number of hydrogen-bond acceptors (Lipinski definition) is 3. The Morgan fingerprint density at radius 3 is 2.79 bits per heavy atom. The molecule has 0 spiro atoms. The molecule has 0 radical (unpaired) electrons. The summed E-state index contributed by atoms with van der Waals surface area (Å²) < 4.78 is 0. The molecule has 0 saturated heterocycles. The minimum Gasteiger partial charge on any atom is -0.357 e. The molecule has 1 aliphatic carbocycles. The second-order valence-electron chi connectivity index (χ2n) is 8.04. The molecule has 0 aliphatic heterocycles. The summed E-state index contributed by atoms with van der Waals surface area (Å²) in [5.41, 5.74) is 4.18. The van der Waals surface area contributed by atoms with Crippen LogP contribution in [0.1, 0.15) is 49.8 Å². The summed E-state index contributed by atoms with van der Waals surface area (Å²) in [5.74, 6) is 0.505. The zero-order valence-electron chi connectivity index (χ0n) is 16.7. The van der Waals surface area contributed by atoms with E-state index in [-0.39, 0.29) is 17.6 Å². The van der Waals surface area contributed by atoms with E-state index in [0.29, 0.717) is 18.8 Å². The van der Waals surface area contributed by atoms with Crippen molar-refractivity contribution >= 4 is 22.7 Å². The Labute approximate surface area is 170 Å². The average molecular weight is 389 g/mol. The highest BCUT2D eigenvalue weighted by molar-refractivity contribution is 5.89. The van der Waals surface area contributed by atoms with Gasteiger partial charge in [-0.05, 0) is 62.3 Å². The second-order valence-corrected chi connectivity index (χ2v) is 8.04. The third-order valence-electron chi connectivity index (χ3n) is 6.00. The van der Waals surface area contributed by atoms with Crippen molar-refractivity contribution in [1.82, 2.24) is 15.3 Å². The molecule has 2 aromatic heterocycles. The van der Waals surface area contributed by atoms with Crippen molar-refractivity contribution in [1.29, 1.82) is 0 Å². The van der Waals surface area contributed by atoms with Crippen LogP contribution in [-0.4, -0.2) is 27.7 Å². The molecule has 5 nitrogen and oxygen atoms in total. The van der Waals surface area contributed by atoms with Gasteiger partial charge in [0.05, 0.1) is 17.1 Å². The van der Waals surface area contributed by atoms with E-state index >= 15 is 0 Å². The molecule has 1 aromatic carbocycles. The molecular formula is C24H27N3O2. The minimum atomic E-state index is -0.458. The molecule has 4 rings (SSSR count). The summed E-state index contributed by atoms with van der Waals surface area (Å²) in [4.78, 5) is 32.8. The van der Waals surface area contributed by atoms with E-state index in [1.54, 1.807) is 13.1 Å². The van der Waals surface area contributed by atoms with E-state index in [4.69, 9.17) is 0 Å². The number of Topliss-reactive ketones (excluding diaryl/α,β-unsaturated/α-hetero) is 1. The van der Waals surface area contributed by atoms with Gasteiger partial charge in [-0.2, -0.15) is 0 Å². The van der Waals surface area contributed by atoms with E-state index in [9.17, 15) is 9.59 Å². The van der Waals surface area contributed by atoms with Gasteiger partial charge in [-0.1, -0.05) is 30.3 Å². The van der Waals surface area contributed by atoms with Crippen molar-refractivity contribution in [2.45, 2.75) is 51.0 Å². The standard InChI is InChI=1S/C24H27N3O2/c1-16(23(28)12-11-20-15-22-21(27-20)8-5-13-25-22)26-24(29)19-10-9-18(14-19)17-6-3-2-4-7-17/h2-8,13,15-16,18-19,27H,9-12,14H2,1H3,(H,26,29)/t16-,18+,19+/m0/s1. The van der Waals surface area contributed by atoms with Crippen molar-refractivity contribution in [3.8, 4) is 0 Å². The van der Waals surface area contributed by atoms with Gasteiger partial charge in [0.2, 0.25) is 5.91 Å². The molecule has 29 heavy (non-hydrogen) atoms. The van der Waals surface area contributed by atoms with Gasteiger partial charge in [0.1, 0.15) is 0 Å². The molecule has 2 N–H and O–H groups in total. The third-order valence-corrected chi connectivity index (χ3v) is 6.00. The van der Waals surface area contributed by atoms with Gasteiger partial charge in [-0.3, -0.25) is 14.6 Å². The van der Waals surface area contributed by atoms with Crippen molar-refractivity contribution in [2.24, 2.45) is 5.92 Å². The number of nitrogens with zero attached hydrogens (tertiary/aromatic N) is 1. The maximum atomic E-state index is 12.7. The third kappa shape index (κ3) is 4.56. The van der Waals surface area contributed by atoms with E-state index in [1.807, 2.05) is 36.4 Å². The Kier molecular flexibility index (Phi) is 5.74. The van der Waals surface area contributed by atoms with Crippen LogP contribution in [0.2, 0.25) is 0 Å². The van der Waals surface area contributed by atoms with Crippen LogP contribution in [0.3, 0.4) is 0 Å². The lowest BCUT2D eigenvalue weighted by Crippen LogP contribution is -2.41. The summed E-state index contributed by atoms with van der Waals surface area (Å²) in [6.45, 7) is 1.79. The van der Waals surface area contributed by atoms with E-state index in [1.165, 1.54) is 5.56 Å². The largest absolute Gasteiger partial charge is 0.357 e. The Balaban J connectivity index is 1.26. The molecule has 3 atom stereocenters. The fourth-order valence-corrected chi connectivity index (χ4v) is 4.28. The molecule has 1 aliphatic rings. The monoisotopic (exact) mass is 389 g/mol. The Hall–Kier alpha value is -2.95. The van der Waals surface area contributed by atoms with Crippen LogP contribution in [-0.2, 0) is 16.0 Å². The van der Waals surface area contributed by atoms with Crippen molar-refractivity contribution in [3.63, 3.8) is 0 Å². The number of fused-ring (bicyclic) bond motifs is 1. The Bertz CT molecular complexity index is 963. The number of ketones is 1. The number of nitrogens with one attached hydrogen (secondary N) is 2. The summed E-state index contributed by atoms with van der Waals surface area (Å²) in [6, 6.07) is 15.8. The predicted molar refractivity (Wildman–Crippen MR) is 114 cm³/mol. The van der Waals surface area contributed by atoms with Gasteiger partial charge >= 0.3 is 0 Å². The average Bonchev–Trinajstić information content (AvgIpc) is 3.39. The SMILES string of the molecule is C[C@H](NC(=O)[C@@H]1CC[C@@H](c2ccccc2)C1)C(=O)CCc1cc2ncccc2[nH]1. The van der Waals surface area contributed by atoms with Crippen LogP contribution < -0.4 is 5.32 Å². The number of aromatic amines is 1. The highest BCUT2D eigenvalue weighted by Crippen LogP contribution is 2.38. The number of carbonyl (C=O) groups is 2. The molecule has 1 amide bonds. The summed E-state index contributed by atoms with van der Waals surface area (Å²) >= 11 is 0. The maximum Gasteiger partial charge on any atom is 0.223 e. The summed E-state index contributed by atoms with van der Waals surface area (Å²) in [5, 5.41) is 2.95. The van der Waals surface area contributed by atoms with Gasteiger partial charge in [0, 0.05) is 24.2 Å². The Morgan fingerprint density at radius 2 is 2.00 bits per heavy atom. The van der Waals surface area contributed by atoms with Gasteiger partial charge in [0.15, 0.2) is 5.78 Å². The first kappa shape index (κ1) is 19.4. The number of aryl methyl sites for hydroxylation is 1. The molecule has 3 aromatic rings. The number of amides is 1. The maximum absolute atomic E-state index is 12.7. The fraction of sp³-hybridized carbons (Fsp3) is 0.375. The van der Waals surface area contributed by atoms with Crippen molar-refractivity contribution in [3.05, 3.63) is 66.0 Å². The molecule has 1 fully saturated rings. The summed E-state index contributed by atoms with van der Waals surface area (Å²) in [7, 11) is 0. The smallest absolute Gasteiger partial charge is 0.223 e. The normalized spacial score (nSPS) is 19.9. The molecule has 2 heterocycles. The van der Waals surface area contributed by atoms with E-state index in [2.05, 4.69) is 27.4 Å². The van der Waals surface area contributed by atoms with Crippen LogP contribution in [0.5, 0.6) is 0 Å². The van der Waals surface area contributed by atoms with Crippen LogP contribution in [0.4, 0.5) is 0 Å². The first-order valence-electron chi connectivity index (χ1n) is 10.4. The van der Waals surface area contributed by atoms with E-state index < -0.39 is 6.04 Å². The highest BCUT2D eigenvalue weighted by atomic mass is 16.2. The number of aromatic nitrogens is 2. The quantitative estimate of drug-likeness (QED) is 0.637. The van der Waals surface area contributed by atoms with Gasteiger partial charge < -0.3 is 10.3 Å². The number of rotatable bonds is 7. The second kappa shape index (κ2) is 8.60. The van der Waals surface area contributed by atoms with E-state index in [0.717, 1.165) is 36.0 Å². The topological polar surface area (TPSA) is 74.8 Å². The lowest BCUT2D eigenvalue weighted by Gasteiger charge is -2.16. The number of hydrogen-bond donors (Lipinski definition) is 2. The zero-order valence-corrected chi connectivity index (χ0v) is 16.7. The van der Waals surface area contributed by atoms with Crippen LogP contribution in [0.25, 0.3) is 11.0 Å². The van der Waals surface area contributed by atoms with Gasteiger partial charge in [-0.15, -0.1) is 0 Å². The first-order chi connectivity index (χ1) is 14.1. The lowest BCUT2D eigenvalue weighted by atomic mass is 9.96. The molecule has 150 valence electrons. The van der Waals surface area contributed by atoms with Gasteiger partial charge in [-0.25, -0.2) is 0 Å². The number of carbonyl (C=O) groups excluding carboxylic acids is 2. The fourth-order valence-electron chi connectivity index (χ4n) is 4.28.